The van der Waals surface area contributed by atoms with Gasteiger partial charge in [0.2, 0.25) is 0 Å². The Balaban J connectivity index is 1.52. The number of aliphatic hydroxyl groups excluding tert-OH is 1. The molecule has 2 heteroatoms. The van der Waals surface area contributed by atoms with E-state index >= 15 is 0 Å². The van der Waals surface area contributed by atoms with Gasteiger partial charge in [-0.25, -0.2) is 0 Å². The van der Waals surface area contributed by atoms with E-state index in [0.717, 1.165) is 30.6 Å². The molecular weight excluding hydrogens is 344 g/mol. The molecule has 158 valence electrons. The molecule has 0 amide bonds. The van der Waals surface area contributed by atoms with Crippen LogP contribution in [0.1, 0.15) is 98.3 Å². The first-order valence-electron chi connectivity index (χ1n) is 12.4. The molecule has 0 aromatic heterocycles. The third-order valence-electron chi connectivity index (χ3n) is 12.2. The van der Waals surface area contributed by atoms with Gasteiger partial charge in [0.1, 0.15) is 5.78 Å². The van der Waals surface area contributed by atoms with Crippen molar-refractivity contribution in [3.8, 4) is 0 Å². The van der Waals surface area contributed by atoms with Crippen LogP contribution in [0.2, 0.25) is 0 Å². The van der Waals surface area contributed by atoms with Crippen LogP contribution in [0.4, 0.5) is 0 Å². The van der Waals surface area contributed by atoms with Crippen LogP contribution in [0.25, 0.3) is 0 Å². The van der Waals surface area contributed by atoms with Crippen molar-refractivity contribution in [2.45, 2.75) is 98.3 Å². The summed E-state index contributed by atoms with van der Waals surface area (Å²) in [6.07, 6.45) is 13.8. The summed E-state index contributed by atoms with van der Waals surface area (Å²) >= 11 is 0. The highest BCUT2D eigenvalue weighted by molar-refractivity contribution is 5.82. The fraction of sp³-hybridized carbons (Fsp3) is 0.962. The molecule has 1 N–H and O–H groups in total. The third-order valence-corrected chi connectivity index (χ3v) is 12.2. The van der Waals surface area contributed by atoms with Gasteiger partial charge in [-0.2, -0.15) is 0 Å². The van der Waals surface area contributed by atoms with Crippen molar-refractivity contribution in [2.24, 2.45) is 51.2 Å². The number of Topliss-reactive ketones (excluding diaryl/α,β-unsaturated/α-hetero) is 1. The fourth-order valence-electron chi connectivity index (χ4n) is 10.4. The molecule has 0 aromatic rings. The van der Waals surface area contributed by atoms with Crippen molar-refractivity contribution >= 4 is 5.78 Å². The topological polar surface area (TPSA) is 37.3 Å². The number of fused-ring (bicyclic) bond motifs is 7. The highest BCUT2D eigenvalue weighted by Gasteiger charge is 2.68. The van der Waals surface area contributed by atoms with Gasteiger partial charge in [0, 0.05) is 18.9 Å². The molecule has 9 atom stereocenters. The van der Waals surface area contributed by atoms with E-state index in [1.807, 2.05) is 0 Å². The summed E-state index contributed by atoms with van der Waals surface area (Å²) in [7, 11) is 0. The Kier molecular flexibility index (Phi) is 4.25. The third kappa shape index (κ3) is 2.17. The van der Waals surface area contributed by atoms with E-state index in [-0.39, 0.29) is 11.3 Å². The van der Waals surface area contributed by atoms with Crippen LogP contribution in [0.5, 0.6) is 0 Å². The maximum atomic E-state index is 12.5. The standard InChI is InChI=1S/C26H42O2/c1-17-18-9-13-25(4)22(23(18,2)12-10-21(17)28)8-7-19-20-6-5-11-26(20,16-27)15-14-24(19,25)3/h17-20,22,27H,5-16H2,1-4H3/t17?,18?,19?,20?,22?,23?,24-,25?,26?/m1/s1. The first-order valence-corrected chi connectivity index (χ1v) is 12.4. The molecule has 8 unspecified atom stereocenters. The van der Waals surface area contributed by atoms with Gasteiger partial charge in [-0.1, -0.05) is 34.1 Å². The first-order chi connectivity index (χ1) is 13.2. The minimum Gasteiger partial charge on any atom is -0.396 e. The average Bonchev–Trinajstić information content (AvgIpc) is 3.10. The lowest BCUT2D eigenvalue weighted by atomic mass is 9.33. The predicted molar refractivity (Wildman–Crippen MR) is 113 cm³/mol. The summed E-state index contributed by atoms with van der Waals surface area (Å²) in [6, 6.07) is 0. The molecular formula is C26H42O2. The maximum Gasteiger partial charge on any atom is 0.136 e. The number of aliphatic hydroxyl groups is 1. The van der Waals surface area contributed by atoms with Crippen LogP contribution in [0, 0.1) is 51.2 Å². The Labute approximate surface area is 172 Å². The molecule has 2 nitrogen and oxygen atoms in total. The van der Waals surface area contributed by atoms with E-state index in [1.165, 1.54) is 57.8 Å². The minimum atomic E-state index is 0.250. The van der Waals surface area contributed by atoms with Crippen molar-refractivity contribution < 1.29 is 9.90 Å². The number of carbonyl (C=O) groups is 1. The van der Waals surface area contributed by atoms with E-state index in [2.05, 4.69) is 27.7 Å². The molecule has 0 bridgehead atoms. The highest BCUT2D eigenvalue weighted by atomic mass is 16.3. The number of rotatable bonds is 1. The summed E-state index contributed by atoms with van der Waals surface area (Å²) in [6.45, 7) is 10.5. The van der Waals surface area contributed by atoms with Crippen LogP contribution in [0.3, 0.4) is 0 Å². The van der Waals surface area contributed by atoms with E-state index in [0.29, 0.717) is 34.6 Å². The fourth-order valence-corrected chi connectivity index (χ4v) is 10.4. The normalized spacial score (nSPS) is 58.5. The second-order valence-electron chi connectivity index (χ2n) is 12.5. The lowest BCUT2D eigenvalue weighted by Gasteiger charge is -2.71. The predicted octanol–water partition coefficient (Wildman–Crippen LogP) is 6.01. The van der Waals surface area contributed by atoms with Gasteiger partial charge in [0.15, 0.2) is 0 Å². The molecule has 0 radical (unpaired) electrons. The maximum absolute atomic E-state index is 12.5. The summed E-state index contributed by atoms with van der Waals surface area (Å²) in [4.78, 5) is 12.5. The zero-order chi connectivity index (χ0) is 19.9. The van der Waals surface area contributed by atoms with Crippen molar-refractivity contribution in [2.75, 3.05) is 6.61 Å². The SMILES string of the molecule is CC1C(=O)CCC2(C)C1CCC1(C)C2CCC2C3CCCC3(CO)CC[C@]21C. The molecule has 28 heavy (non-hydrogen) atoms. The van der Waals surface area contributed by atoms with Crippen molar-refractivity contribution in [3.63, 3.8) is 0 Å². The largest absolute Gasteiger partial charge is 0.396 e. The summed E-state index contributed by atoms with van der Waals surface area (Å²) in [5, 5.41) is 10.3. The minimum absolute atomic E-state index is 0.250. The van der Waals surface area contributed by atoms with Crippen LogP contribution in [-0.2, 0) is 4.79 Å². The van der Waals surface area contributed by atoms with E-state index < -0.39 is 0 Å². The van der Waals surface area contributed by atoms with Crippen LogP contribution >= 0.6 is 0 Å². The van der Waals surface area contributed by atoms with Crippen LogP contribution in [-0.4, -0.2) is 17.5 Å². The molecule has 0 spiro atoms. The number of hydrogen-bond donors (Lipinski definition) is 1. The average molecular weight is 387 g/mol. The molecule has 5 rings (SSSR count). The molecule has 0 heterocycles. The molecule has 5 fully saturated rings. The molecule has 5 aliphatic carbocycles. The summed E-state index contributed by atoms with van der Waals surface area (Å²) in [5.74, 6) is 3.75. The smallest absolute Gasteiger partial charge is 0.136 e. The molecule has 0 aliphatic heterocycles. The monoisotopic (exact) mass is 386 g/mol. The molecule has 5 saturated carbocycles. The number of ketones is 1. The van der Waals surface area contributed by atoms with Gasteiger partial charge < -0.3 is 5.11 Å². The van der Waals surface area contributed by atoms with Crippen molar-refractivity contribution in [3.05, 3.63) is 0 Å². The lowest BCUT2D eigenvalue weighted by Crippen LogP contribution is -2.65. The van der Waals surface area contributed by atoms with E-state index in [4.69, 9.17) is 0 Å². The Morgan fingerprint density at radius 2 is 1.64 bits per heavy atom. The van der Waals surface area contributed by atoms with Crippen molar-refractivity contribution in [1.29, 1.82) is 0 Å². The van der Waals surface area contributed by atoms with Crippen molar-refractivity contribution in [1.82, 2.24) is 0 Å². The quantitative estimate of drug-likeness (QED) is 0.599. The lowest BCUT2D eigenvalue weighted by molar-refractivity contribution is -0.227. The van der Waals surface area contributed by atoms with Gasteiger partial charge in [-0.05, 0) is 103 Å². The zero-order valence-corrected chi connectivity index (χ0v) is 18.7. The number of carbonyl (C=O) groups excluding carboxylic acids is 1. The van der Waals surface area contributed by atoms with Gasteiger partial charge in [-0.3, -0.25) is 4.79 Å². The Bertz CT molecular complexity index is 671. The Morgan fingerprint density at radius 1 is 0.857 bits per heavy atom. The molecule has 0 saturated heterocycles. The Morgan fingerprint density at radius 3 is 2.39 bits per heavy atom. The summed E-state index contributed by atoms with van der Waals surface area (Å²) in [5.41, 5.74) is 1.43. The zero-order valence-electron chi connectivity index (χ0n) is 18.7. The first kappa shape index (κ1) is 19.6. The highest BCUT2D eigenvalue weighted by Crippen LogP contribution is 2.75. The molecule has 5 aliphatic rings. The van der Waals surface area contributed by atoms with Gasteiger partial charge in [0.25, 0.3) is 0 Å². The van der Waals surface area contributed by atoms with Gasteiger partial charge in [0.05, 0.1) is 0 Å². The van der Waals surface area contributed by atoms with E-state index in [9.17, 15) is 9.90 Å². The van der Waals surface area contributed by atoms with E-state index in [1.54, 1.807) is 0 Å². The van der Waals surface area contributed by atoms with Crippen LogP contribution in [0.15, 0.2) is 0 Å². The number of hydrogen-bond acceptors (Lipinski definition) is 2. The summed E-state index contributed by atoms with van der Waals surface area (Å²) < 4.78 is 0. The van der Waals surface area contributed by atoms with Gasteiger partial charge >= 0.3 is 0 Å². The van der Waals surface area contributed by atoms with Gasteiger partial charge in [-0.15, -0.1) is 0 Å². The van der Waals surface area contributed by atoms with Crippen LogP contribution < -0.4 is 0 Å². The second-order valence-corrected chi connectivity index (χ2v) is 12.5. The Hall–Kier alpha value is -0.370. The molecule has 0 aromatic carbocycles. The second kappa shape index (κ2) is 6.08.